The summed E-state index contributed by atoms with van der Waals surface area (Å²) in [5, 5.41) is 22.8. The Kier molecular flexibility index (Phi) is 8.50. The van der Waals surface area contributed by atoms with E-state index < -0.39 is 40.8 Å². The molecular weight excluding hydrogens is 536 g/mol. The zero-order chi connectivity index (χ0) is 30.3. The van der Waals surface area contributed by atoms with Crippen LogP contribution in [0.1, 0.15) is 84.0 Å². The number of rotatable bonds is 8. The van der Waals surface area contributed by atoms with Gasteiger partial charge in [0.05, 0.1) is 34.3 Å². The lowest BCUT2D eigenvalue weighted by Gasteiger charge is -2.35. The van der Waals surface area contributed by atoms with Crippen LogP contribution in [0.4, 0.5) is 0 Å². The van der Waals surface area contributed by atoms with Crippen molar-refractivity contribution in [2.24, 2.45) is 10.8 Å². The van der Waals surface area contributed by atoms with E-state index in [1.54, 1.807) is 11.3 Å². The Labute approximate surface area is 247 Å². The van der Waals surface area contributed by atoms with Gasteiger partial charge in [-0.2, -0.15) is 5.26 Å². The fraction of sp³-hybridized carbons (Fsp3) is 0.594. The van der Waals surface area contributed by atoms with Gasteiger partial charge in [-0.3, -0.25) is 14.4 Å². The minimum absolute atomic E-state index is 0.0389. The second kappa shape index (κ2) is 11.3. The number of thiazole rings is 1. The zero-order valence-electron chi connectivity index (χ0n) is 25.2. The van der Waals surface area contributed by atoms with Crippen molar-refractivity contribution in [1.82, 2.24) is 15.2 Å². The van der Waals surface area contributed by atoms with Crippen molar-refractivity contribution in [3.8, 4) is 16.5 Å². The van der Waals surface area contributed by atoms with Crippen LogP contribution in [0, 0.1) is 29.1 Å². The summed E-state index contributed by atoms with van der Waals surface area (Å²) in [7, 11) is 0. The molecule has 220 valence electrons. The molecule has 0 spiro atoms. The van der Waals surface area contributed by atoms with Gasteiger partial charge < -0.3 is 15.3 Å². The molecule has 0 radical (unpaired) electrons. The zero-order valence-corrected chi connectivity index (χ0v) is 26.0. The molecule has 1 saturated heterocycles. The number of carbonyl (C=O) groups is 3. The predicted molar refractivity (Wildman–Crippen MR) is 159 cm³/mol. The Morgan fingerprint density at radius 1 is 1.22 bits per heavy atom. The number of likely N-dealkylation sites (tertiary alicyclic amines) is 1. The number of aromatic nitrogens is 1. The number of ketones is 1. The lowest BCUT2D eigenvalue weighted by molar-refractivity contribution is -0.144. The number of nitrogens with zero attached hydrogens (tertiary/aromatic N) is 3. The number of Topliss-reactive ketones (excluding diaryl/α,β-unsaturated/α-hetero) is 1. The van der Waals surface area contributed by atoms with E-state index in [2.05, 4.69) is 55.3 Å². The minimum Gasteiger partial charge on any atom is -0.391 e. The standard InChI is InChI=1S/C32H42N4O4S/c1-19-26(41-18-34-19)21-9-8-20(23(14-21)30(2,3)4)10-11-25(38)24-15-22(37)16-36(24)28(39)27(31(5,6)7)35-29(40)32(17-33)12-13-32/h8-9,14,18,22,24,27,37H,10-13,15-16H2,1-7H3,(H,35,40). The van der Waals surface area contributed by atoms with E-state index in [9.17, 15) is 24.8 Å². The third-order valence-electron chi connectivity index (χ3n) is 8.29. The topological polar surface area (TPSA) is 123 Å². The van der Waals surface area contributed by atoms with E-state index in [1.807, 2.05) is 33.2 Å². The number of nitrogens with one attached hydrogen (secondary N) is 1. The number of carbonyl (C=O) groups excluding carboxylic acids is 3. The average molecular weight is 579 g/mol. The van der Waals surface area contributed by atoms with Gasteiger partial charge in [0.1, 0.15) is 11.5 Å². The van der Waals surface area contributed by atoms with Crippen molar-refractivity contribution in [3.63, 3.8) is 0 Å². The number of aryl methyl sites for hydroxylation is 2. The van der Waals surface area contributed by atoms with Gasteiger partial charge in [-0.1, -0.05) is 53.7 Å². The number of aliphatic hydroxyl groups is 1. The Morgan fingerprint density at radius 3 is 2.44 bits per heavy atom. The summed E-state index contributed by atoms with van der Waals surface area (Å²) >= 11 is 1.61. The van der Waals surface area contributed by atoms with Crippen molar-refractivity contribution in [1.29, 1.82) is 5.26 Å². The van der Waals surface area contributed by atoms with Gasteiger partial charge in [-0.25, -0.2) is 4.98 Å². The minimum atomic E-state index is -1.07. The van der Waals surface area contributed by atoms with E-state index in [-0.39, 0.29) is 30.6 Å². The summed E-state index contributed by atoms with van der Waals surface area (Å²) < 4.78 is 0. The fourth-order valence-corrected chi connectivity index (χ4v) is 6.40. The molecule has 1 aromatic heterocycles. The molecule has 1 aliphatic heterocycles. The molecule has 2 N–H and O–H groups in total. The third-order valence-corrected chi connectivity index (χ3v) is 9.26. The van der Waals surface area contributed by atoms with Crippen LogP contribution in [0.5, 0.6) is 0 Å². The first-order valence-corrected chi connectivity index (χ1v) is 15.2. The third kappa shape index (κ3) is 6.54. The molecule has 2 aromatic rings. The van der Waals surface area contributed by atoms with E-state index in [1.165, 1.54) is 4.90 Å². The summed E-state index contributed by atoms with van der Waals surface area (Å²) in [6, 6.07) is 6.76. The Balaban J connectivity index is 1.52. The molecule has 1 saturated carbocycles. The summed E-state index contributed by atoms with van der Waals surface area (Å²) in [6.07, 6.45) is 1.06. The molecule has 3 unspecified atom stereocenters. The Hall–Kier alpha value is -3.09. The SMILES string of the molecule is Cc1ncsc1-c1ccc(CCC(=O)C2CC(O)CN2C(=O)C(NC(=O)C2(C#N)CC2)C(C)(C)C)c(C(C)(C)C)c1. The maximum Gasteiger partial charge on any atom is 0.246 e. The number of hydrogen-bond donors (Lipinski definition) is 2. The predicted octanol–water partition coefficient (Wildman–Crippen LogP) is 4.71. The quantitative estimate of drug-likeness (QED) is 0.468. The molecule has 4 rings (SSSR count). The lowest BCUT2D eigenvalue weighted by Crippen LogP contribution is -2.57. The summed E-state index contributed by atoms with van der Waals surface area (Å²) in [6.45, 7) is 14.0. The Bertz CT molecular complexity index is 1370. The smallest absolute Gasteiger partial charge is 0.246 e. The number of nitriles is 1. The van der Waals surface area contributed by atoms with Crippen LogP contribution in [-0.2, 0) is 26.2 Å². The van der Waals surface area contributed by atoms with Crippen molar-refractivity contribution in [2.75, 3.05) is 6.54 Å². The van der Waals surface area contributed by atoms with E-state index in [0.29, 0.717) is 19.3 Å². The number of amides is 2. The van der Waals surface area contributed by atoms with Gasteiger partial charge >= 0.3 is 0 Å². The average Bonchev–Trinajstić information content (AvgIpc) is 3.43. The van der Waals surface area contributed by atoms with Crippen LogP contribution < -0.4 is 5.32 Å². The van der Waals surface area contributed by atoms with E-state index in [4.69, 9.17) is 0 Å². The van der Waals surface area contributed by atoms with Crippen LogP contribution in [0.3, 0.4) is 0 Å². The molecule has 1 aromatic carbocycles. The number of β-amino-alcohol motifs (C(OH)–C–C–N with tert-alkyl or cyclic N) is 1. The molecule has 41 heavy (non-hydrogen) atoms. The molecule has 2 fully saturated rings. The van der Waals surface area contributed by atoms with Gasteiger partial charge in [0.2, 0.25) is 11.8 Å². The van der Waals surface area contributed by atoms with Gasteiger partial charge in [0.15, 0.2) is 5.78 Å². The summed E-state index contributed by atoms with van der Waals surface area (Å²) in [5.41, 5.74) is 4.34. The Morgan fingerprint density at radius 2 is 1.90 bits per heavy atom. The van der Waals surface area contributed by atoms with Crippen molar-refractivity contribution >= 4 is 28.9 Å². The van der Waals surface area contributed by atoms with Crippen LogP contribution >= 0.6 is 11.3 Å². The van der Waals surface area contributed by atoms with Gasteiger partial charge in [0, 0.05) is 19.4 Å². The van der Waals surface area contributed by atoms with Crippen LogP contribution in [0.25, 0.3) is 10.4 Å². The van der Waals surface area contributed by atoms with Crippen molar-refractivity contribution < 1.29 is 19.5 Å². The second-order valence-corrected chi connectivity index (χ2v) is 14.6. The number of aliphatic hydroxyl groups excluding tert-OH is 1. The second-order valence-electron chi connectivity index (χ2n) is 13.7. The van der Waals surface area contributed by atoms with Gasteiger partial charge in [0.25, 0.3) is 0 Å². The van der Waals surface area contributed by atoms with Gasteiger partial charge in [-0.05, 0) is 59.8 Å². The first kappa shape index (κ1) is 30.9. The largest absolute Gasteiger partial charge is 0.391 e. The highest BCUT2D eigenvalue weighted by Crippen LogP contribution is 2.45. The molecular formula is C32H42N4O4S. The highest BCUT2D eigenvalue weighted by molar-refractivity contribution is 7.13. The van der Waals surface area contributed by atoms with E-state index >= 15 is 0 Å². The van der Waals surface area contributed by atoms with Gasteiger partial charge in [-0.15, -0.1) is 11.3 Å². The van der Waals surface area contributed by atoms with Crippen LogP contribution in [0.15, 0.2) is 23.7 Å². The van der Waals surface area contributed by atoms with Crippen molar-refractivity contribution in [2.45, 2.75) is 104 Å². The monoisotopic (exact) mass is 578 g/mol. The molecule has 2 amide bonds. The summed E-state index contributed by atoms with van der Waals surface area (Å²) in [4.78, 5) is 47.3. The normalized spacial score (nSPS) is 20.8. The molecule has 9 heteroatoms. The highest BCUT2D eigenvalue weighted by atomic mass is 32.1. The first-order valence-electron chi connectivity index (χ1n) is 14.3. The molecule has 1 aliphatic carbocycles. The maximum atomic E-state index is 13.8. The van der Waals surface area contributed by atoms with Crippen molar-refractivity contribution in [3.05, 3.63) is 40.5 Å². The van der Waals surface area contributed by atoms with Crippen LogP contribution in [0.2, 0.25) is 0 Å². The number of hydrogen-bond acceptors (Lipinski definition) is 7. The molecule has 3 atom stereocenters. The highest BCUT2D eigenvalue weighted by Gasteiger charge is 2.53. The fourth-order valence-electron chi connectivity index (χ4n) is 5.60. The number of benzene rings is 1. The molecule has 2 aliphatic rings. The molecule has 8 nitrogen and oxygen atoms in total. The molecule has 2 heterocycles. The summed E-state index contributed by atoms with van der Waals surface area (Å²) in [5.74, 6) is -0.941. The maximum absolute atomic E-state index is 13.8. The lowest BCUT2D eigenvalue weighted by atomic mass is 9.81. The van der Waals surface area contributed by atoms with Crippen LogP contribution in [-0.4, -0.2) is 57.3 Å². The van der Waals surface area contributed by atoms with E-state index in [0.717, 1.165) is 27.3 Å². The first-order chi connectivity index (χ1) is 19.1. The molecule has 0 bridgehead atoms.